The normalized spacial score (nSPS) is 15.0. The fourth-order valence-electron chi connectivity index (χ4n) is 3.41. The molecule has 24 heavy (non-hydrogen) atoms. The summed E-state index contributed by atoms with van der Waals surface area (Å²) in [5, 5.41) is 0. The Balaban J connectivity index is 2.07. The molecular formula is C22H30N2. The molecular weight excluding hydrogens is 292 g/mol. The van der Waals surface area contributed by atoms with Gasteiger partial charge in [0.15, 0.2) is 0 Å². The van der Waals surface area contributed by atoms with Crippen molar-refractivity contribution in [2.24, 2.45) is 0 Å². The molecule has 2 heteroatoms. The Morgan fingerprint density at radius 3 is 2.04 bits per heavy atom. The molecule has 0 N–H and O–H groups in total. The van der Waals surface area contributed by atoms with Gasteiger partial charge < -0.3 is 9.80 Å². The minimum atomic E-state index is 0.169. The Kier molecular flexibility index (Phi) is 4.58. The second kappa shape index (κ2) is 6.51. The van der Waals surface area contributed by atoms with Gasteiger partial charge in [0.25, 0.3) is 0 Å². The molecule has 0 unspecified atom stereocenters. The Bertz CT molecular complexity index is 687. The fourth-order valence-corrected chi connectivity index (χ4v) is 3.41. The van der Waals surface area contributed by atoms with Gasteiger partial charge in [0.1, 0.15) is 0 Å². The first-order chi connectivity index (χ1) is 11.4. The summed E-state index contributed by atoms with van der Waals surface area (Å²) in [6.45, 7) is 9.22. The second-order valence-electron chi connectivity index (χ2n) is 8.12. The lowest BCUT2D eigenvalue weighted by molar-refractivity contribution is 0.590. The highest BCUT2D eigenvalue weighted by molar-refractivity contribution is 5.80. The smallest absolute Gasteiger partial charge is 0.0446 e. The van der Waals surface area contributed by atoms with Crippen molar-refractivity contribution in [2.75, 3.05) is 37.0 Å². The lowest BCUT2D eigenvalue weighted by Crippen LogP contribution is -2.19. The van der Waals surface area contributed by atoms with E-state index < -0.39 is 0 Å². The molecule has 2 nitrogen and oxygen atoms in total. The number of nitrogens with zero attached hydrogens (tertiary/aromatic N) is 2. The molecule has 1 aliphatic heterocycles. The molecule has 0 spiro atoms. The molecule has 2 aromatic carbocycles. The molecule has 0 aromatic heterocycles. The van der Waals surface area contributed by atoms with E-state index in [1.54, 1.807) is 0 Å². The van der Waals surface area contributed by atoms with Crippen LogP contribution < -0.4 is 9.80 Å². The minimum Gasteiger partial charge on any atom is -0.378 e. The van der Waals surface area contributed by atoms with Crippen molar-refractivity contribution >= 4 is 11.4 Å². The average molecular weight is 322 g/mol. The van der Waals surface area contributed by atoms with Crippen LogP contribution in [-0.4, -0.2) is 27.2 Å². The zero-order valence-corrected chi connectivity index (χ0v) is 15.8. The second-order valence-corrected chi connectivity index (χ2v) is 8.12. The lowest BCUT2D eigenvalue weighted by atomic mass is 9.85. The van der Waals surface area contributed by atoms with Crippen molar-refractivity contribution in [3.05, 3.63) is 48.0 Å². The van der Waals surface area contributed by atoms with E-state index in [9.17, 15) is 0 Å². The molecule has 0 radical (unpaired) electrons. The Labute approximate surface area is 147 Å². The quantitative estimate of drug-likeness (QED) is 0.755. The average Bonchev–Trinajstić information content (AvgIpc) is 3.08. The van der Waals surface area contributed by atoms with E-state index in [0.29, 0.717) is 0 Å². The third-order valence-corrected chi connectivity index (χ3v) is 5.00. The van der Waals surface area contributed by atoms with Crippen molar-refractivity contribution in [1.29, 1.82) is 0 Å². The number of hydrogen-bond acceptors (Lipinski definition) is 2. The Hall–Kier alpha value is -1.96. The number of hydrogen-bond donors (Lipinski definition) is 0. The van der Waals surface area contributed by atoms with Gasteiger partial charge in [0.05, 0.1) is 0 Å². The highest BCUT2D eigenvalue weighted by Crippen LogP contribution is 2.37. The van der Waals surface area contributed by atoms with E-state index >= 15 is 0 Å². The van der Waals surface area contributed by atoms with Gasteiger partial charge in [-0.1, -0.05) is 39.0 Å². The van der Waals surface area contributed by atoms with Crippen LogP contribution in [0.4, 0.5) is 11.4 Å². The van der Waals surface area contributed by atoms with Crippen LogP contribution in [-0.2, 0) is 5.41 Å². The van der Waals surface area contributed by atoms with Gasteiger partial charge in [-0.15, -0.1) is 0 Å². The molecule has 1 saturated heterocycles. The van der Waals surface area contributed by atoms with E-state index in [1.807, 2.05) is 0 Å². The van der Waals surface area contributed by atoms with Crippen LogP contribution in [0.2, 0.25) is 0 Å². The first-order valence-corrected chi connectivity index (χ1v) is 9.03. The molecule has 0 saturated carbocycles. The molecule has 1 fully saturated rings. The van der Waals surface area contributed by atoms with Gasteiger partial charge >= 0.3 is 0 Å². The summed E-state index contributed by atoms with van der Waals surface area (Å²) >= 11 is 0. The summed E-state index contributed by atoms with van der Waals surface area (Å²) in [4.78, 5) is 4.69. The van der Waals surface area contributed by atoms with Crippen molar-refractivity contribution in [2.45, 2.75) is 39.0 Å². The number of rotatable bonds is 3. The first-order valence-electron chi connectivity index (χ1n) is 9.03. The van der Waals surface area contributed by atoms with E-state index in [0.717, 1.165) is 0 Å². The molecule has 1 heterocycles. The number of anilines is 2. The van der Waals surface area contributed by atoms with Gasteiger partial charge in [-0.25, -0.2) is 0 Å². The summed E-state index contributed by atoms with van der Waals surface area (Å²) < 4.78 is 0. The van der Waals surface area contributed by atoms with Crippen LogP contribution in [0.1, 0.15) is 39.2 Å². The van der Waals surface area contributed by atoms with E-state index in [-0.39, 0.29) is 5.41 Å². The maximum Gasteiger partial charge on any atom is 0.0446 e. The largest absolute Gasteiger partial charge is 0.378 e. The van der Waals surface area contributed by atoms with Crippen LogP contribution in [0.25, 0.3) is 11.1 Å². The summed E-state index contributed by atoms with van der Waals surface area (Å²) in [7, 11) is 4.18. The highest BCUT2D eigenvalue weighted by atomic mass is 15.1. The minimum absolute atomic E-state index is 0.169. The Morgan fingerprint density at radius 1 is 0.875 bits per heavy atom. The maximum atomic E-state index is 2.54. The van der Waals surface area contributed by atoms with Gasteiger partial charge in [-0.05, 0) is 53.6 Å². The van der Waals surface area contributed by atoms with E-state index in [2.05, 4.69) is 87.1 Å². The summed E-state index contributed by atoms with van der Waals surface area (Å²) in [6.07, 6.45) is 2.61. The molecule has 1 aliphatic rings. The van der Waals surface area contributed by atoms with Crippen LogP contribution in [0.15, 0.2) is 42.5 Å². The first kappa shape index (κ1) is 16.9. The Morgan fingerprint density at radius 2 is 1.50 bits per heavy atom. The van der Waals surface area contributed by atoms with Crippen molar-refractivity contribution in [1.82, 2.24) is 0 Å². The molecule has 2 aromatic rings. The predicted molar refractivity (Wildman–Crippen MR) is 106 cm³/mol. The fraction of sp³-hybridized carbons (Fsp3) is 0.455. The standard InChI is InChI=1S/C22H30N2/c1-22(2,3)18-10-13-21(24-14-6-7-15-24)20(16-18)17-8-11-19(12-9-17)23(4)5/h8-13,16H,6-7,14-15H2,1-5H3. The van der Waals surface area contributed by atoms with Crippen LogP contribution in [0, 0.1) is 0 Å². The monoisotopic (exact) mass is 322 g/mol. The van der Waals surface area contributed by atoms with Crippen LogP contribution in [0.5, 0.6) is 0 Å². The maximum absolute atomic E-state index is 2.54. The SMILES string of the molecule is CN(C)c1ccc(-c2cc(C(C)(C)C)ccc2N2CCCC2)cc1. The summed E-state index contributed by atoms with van der Waals surface area (Å²) in [5.74, 6) is 0. The van der Waals surface area contributed by atoms with E-state index in [4.69, 9.17) is 0 Å². The van der Waals surface area contributed by atoms with Gasteiger partial charge in [0, 0.05) is 44.1 Å². The van der Waals surface area contributed by atoms with Crippen molar-refractivity contribution in [3.63, 3.8) is 0 Å². The molecule has 3 rings (SSSR count). The van der Waals surface area contributed by atoms with Crippen molar-refractivity contribution in [3.8, 4) is 11.1 Å². The summed E-state index contributed by atoms with van der Waals surface area (Å²) in [6, 6.07) is 16.0. The predicted octanol–water partition coefficient (Wildman–Crippen LogP) is 5.32. The third kappa shape index (κ3) is 3.43. The third-order valence-electron chi connectivity index (χ3n) is 5.00. The van der Waals surface area contributed by atoms with Crippen LogP contribution in [0.3, 0.4) is 0 Å². The summed E-state index contributed by atoms with van der Waals surface area (Å²) in [5.41, 5.74) is 6.88. The lowest BCUT2D eigenvalue weighted by Gasteiger charge is -2.26. The zero-order valence-electron chi connectivity index (χ0n) is 15.8. The molecule has 0 amide bonds. The topological polar surface area (TPSA) is 6.48 Å². The zero-order chi connectivity index (χ0) is 17.3. The number of benzene rings is 2. The molecule has 0 atom stereocenters. The highest BCUT2D eigenvalue weighted by Gasteiger charge is 2.20. The molecule has 0 bridgehead atoms. The molecule has 128 valence electrons. The van der Waals surface area contributed by atoms with Gasteiger partial charge in [-0.2, -0.15) is 0 Å². The van der Waals surface area contributed by atoms with Gasteiger partial charge in [-0.3, -0.25) is 0 Å². The molecule has 0 aliphatic carbocycles. The van der Waals surface area contributed by atoms with E-state index in [1.165, 1.54) is 54.0 Å². The van der Waals surface area contributed by atoms with Crippen LogP contribution >= 0.6 is 0 Å². The van der Waals surface area contributed by atoms with Crippen molar-refractivity contribution < 1.29 is 0 Å². The van der Waals surface area contributed by atoms with Gasteiger partial charge in [0.2, 0.25) is 0 Å².